The molecule has 2 aromatic rings. The summed E-state index contributed by atoms with van der Waals surface area (Å²) in [4.78, 5) is 0. The molecule has 4 rings (SSSR count). The van der Waals surface area contributed by atoms with Crippen molar-refractivity contribution < 1.29 is 22.3 Å². The van der Waals surface area contributed by atoms with Gasteiger partial charge in [0.15, 0.2) is 23.2 Å². The van der Waals surface area contributed by atoms with Gasteiger partial charge in [0, 0.05) is 5.56 Å². The summed E-state index contributed by atoms with van der Waals surface area (Å²) in [7, 11) is 0. The van der Waals surface area contributed by atoms with Gasteiger partial charge in [-0.05, 0) is 105 Å². The number of hydrogen-bond donors (Lipinski definition) is 0. The van der Waals surface area contributed by atoms with E-state index >= 15 is 8.78 Å². The number of unbranched alkanes of at least 4 members (excludes halogenated alkanes) is 2. The molecule has 0 radical (unpaired) electrons. The summed E-state index contributed by atoms with van der Waals surface area (Å²) >= 11 is 0. The van der Waals surface area contributed by atoms with Crippen molar-refractivity contribution in [3.63, 3.8) is 0 Å². The first-order chi connectivity index (χ1) is 18.4. The van der Waals surface area contributed by atoms with E-state index in [4.69, 9.17) is 4.74 Å². The van der Waals surface area contributed by atoms with Gasteiger partial charge in [0.2, 0.25) is 5.82 Å². The molecule has 2 aliphatic carbocycles. The van der Waals surface area contributed by atoms with Crippen LogP contribution in [0.4, 0.5) is 17.6 Å². The molecular weight excluding hydrogens is 488 g/mol. The predicted molar refractivity (Wildman–Crippen MR) is 146 cm³/mol. The Morgan fingerprint density at radius 3 is 1.89 bits per heavy atom. The van der Waals surface area contributed by atoms with Crippen LogP contribution in [-0.2, 0) is 0 Å². The maximum Gasteiger partial charge on any atom is 0.201 e. The van der Waals surface area contributed by atoms with Crippen molar-refractivity contribution in [2.45, 2.75) is 103 Å². The van der Waals surface area contributed by atoms with E-state index in [9.17, 15) is 8.78 Å². The number of benzene rings is 2. The van der Waals surface area contributed by atoms with Crippen LogP contribution in [0.1, 0.15) is 119 Å². The first-order valence-electron chi connectivity index (χ1n) is 14.7. The second kappa shape index (κ2) is 13.7. The Morgan fingerprint density at radius 1 is 0.711 bits per heavy atom. The zero-order chi connectivity index (χ0) is 27.1. The van der Waals surface area contributed by atoms with Gasteiger partial charge in [-0.2, -0.15) is 4.39 Å². The standard InChI is InChI=1S/C33H42F4O/c1-3-5-6-7-22-8-13-24(14-9-22)27-19-20-28(32(36)31(27)35)25-15-10-23(11-16-25)12-17-26-18-21-29(38-4-2)33(37)30(26)34/h12,17-25H,3-11,13-16H2,1-2H3/b17-12+. The topological polar surface area (TPSA) is 9.23 Å². The lowest BCUT2D eigenvalue weighted by atomic mass is 9.75. The molecule has 0 saturated heterocycles. The van der Waals surface area contributed by atoms with E-state index in [1.165, 1.54) is 37.8 Å². The van der Waals surface area contributed by atoms with Crippen LogP contribution < -0.4 is 4.74 Å². The summed E-state index contributed by atoms with van der Waals surface area (Å²) in [6.45, 7) is 4.20. The molecule has 2 saturated carbocycles. The van der Waals surface area contributed by atoms with Crippen molar-refractivity contribution in [3.05, 3.63) is 70.3 Å². The summed E-state index contributed by atoms with van der Waals surface area (Å²) in [6, 6.07) is 6.62. The summed E-state index contributed by atoms with van der Waals surface area (Å²) in [5.41, 5.74) is 1.23. The highest BCUT2D eigenvalue weighted by Crippen LogP contribution is 2.42. The predicted octanol–water partition coefficient (Wildman–Crippen LogP) is 10.5. The molecule has 0 N–H and O–H groups in total. The Balaban J connectivity index is 1.33. The fraction of sp³-hybridized carbons (Fsp3) is 0.576. The third-order valence-corrected chi connectivity index (χ3v) is 8.78. The molecule has 0 amide bonds. The van der Waals surface area contributed by atoms with Crippen LogP contribution in [0.5, 0.6) is 5.75 Å². The van der Waals surface area contributed by atoms with Crippen LogP contribution in [0.2, 0.25) is 0 Å². The number of rotatable bonds is 10. The van der Waals surface area contributed by atoms with Crippen LogP contribution in [0.3, 0.4) is 0 Å². The average molecular weight is 531 g/mol. The SMILES string of the molecule is CCCCCC1CCC(c2ccc(C3CCC(/C=C/c4ccc(OCC)c(F)c4F)CC3)c(F)c2F)CC1. The molecule has 1 nitrogen and oxygen atoms in total. The van der Waals surface area contributed by atoms with E-state index in [2.05, 4.69) is 6.92 Å². The molecule has 2 aromatic carbocycles. The summed E-state index contributed by atoms with van der Waals surface area (Å²) in [5.74, 6) is -2.25. The van der Waals surface area contributed by atoms with Crippen LogP contribution in [0.15, 0.2) is 30.3 Å². The Morgan fingerprint density at radius 2 is 1.32 bits per heavy atom. The molecular formula is C33H42F4O. The van der Waals surface area contributed by atoms with Crippen molar-refractivity contribution in [3.8, 4) is 5.75 Å². The third kappa shape index (κ3) is 6.82. The van der Waals surface area contributed by atoms with Gasteiger partial charge in [0.05, 0.1) is 6.61 Å². The smallest absolute Gasteiger partial charge is 0.201 e. The summed E-state index contributed by atoms with van der Waals surface area (Å²) < 4.78 is 64.1. The lowest BCUT2D eigenvalue weighted by Crippen LogP contribution is -2.17. The number of hydrogen-bond acceptors (Lipinski definition) is 1. The molecule has 0 bridgehead atoms. The van der Waals surface area contributed by atoms with E-state index in [1.54, 1.807) is 13.0 Å². The van der Waals surface area contributed by atoms with Gasteiger partial charge in [-0.25, -0.2) is 13.2 Å². The zero-order valence-electron chi connectivity index (χ0n) is 22.9. The molecule has 0 unspecified atom stereocenters. The van der Waals surface area contributed by atoms with E-state index < -0.39 is 23.3 Å². The Labute approximate surface area is 225 Å². The monoisotopic (exact) mass is 530 g/mol. The minimum Gasteiger partial charge on any atom is -0.491 e. The van der Waals surface area contributed by atoms with E-state index in [1.807, 2.05) is 18.2 Å². The van der Waals surface area contributed by atoms with Gasteiger partial charge in [-0.1, -0.05) is 56.9 Å². The van der Waals surface area contributed by atoms with Crippen molar-refractivity contribution in [1.82, 2.24) is 0 Å². The Hall–Kier alpha value is -2.30. The summed E-state index contributed by atoms with van der Waals surface area (Å²) in [6.07, 6.45) is 15.8. The Kier molecular flexibility index (Phi) is 10.3. The number of ether oxygens (including phenoxy) is 1. The number of allylic oxidation sites excluding steroid dienone is 1. The minimum atomic E-state index is -0.973. The lowest BCUT2D eigenvalue weighted by Gasteiger charge is -2.30. The third-order valence-electron chi connectivity index (χ3n) is 8.78. The van der Waals surface area contributed by atoms with Crippen molar-refractivity contribution in [1.29, 1.82) is 0 Å². The van der Waals surface area contributed by atoms with E-state index in [0.717, 1.165) is 57.3 Å². The van der Waals surface area contributed by atoms with Crippen LogP contribution >= 0.6 is 0 Å². The fourth-order valence-corrected chi connectivity index (χ4v) is 6.46. The molecule has 2 fully saturated rings. The molecule has 5 heteroatoms. The molecule has 0 aromatic heterocycles. The quantitative estimate of drug-likeness (QED) is 0.219. The molecule has 208 valence electrons. The largest absolute Gasteiger partial charge is 0.491 e. The fourth-order valence-electron chi connectivity index (χ4n) is 6.46. The van der Waals surface area contributed by atoms with Crippen LogP contribution in [0, 0.1) is 35.1 Å². The second-order valence-corrected chi connectivity index (χ2v) is 11.3. The van der Waals surface area contributed by atoms with E-state index in [-0.39, 0.29) is 35.7 Å². The van der Waals surface area contributed by atoms with Crippen molar-refractivity contribution in [2.75, 3.05) is 6.61 Å². The van der Waals surface area contributed by atoms with Gasteiger partial charge in [-0.15, -0.1) is 0 Å². The van der Waals surface area contributed by atoms with Gasteiger partial charge < -0.3 is 4.74 Å². The first-order valence-corrected chi connectivity index (χ1v) is 14.7. The molecule has 0 spiro atoms. The van der Waals surface area contributed by atoms with Crippen LogP contribution in [-0.4, -0.2) is 6.61 Å². The first kappa shape index (κ1) is 28.7. The van der Waals surface area contributed by atoms with Gasteiger partial charge >= 0.3 is 0 Å². The molecule has 0 atom stereocenters. The lowest BCUT2D eigenvalue weighted by molar-refractivity contribution is 0.297. The minimum absolute atomic E-state index is 0.0165. The normalized spacial score (nSPS) is 24.2. The van der Waals surface area contributed by atoms with E-state index in [0.29, 0.717) is 11.1 Å². The van der Waals surface area contributed by atoms with Crippen molar-refractivity contribution in [2.24, 2.45) is 11.8 Å². The number of halogens is 4. The highest BCUT2D eigenvalue weighted by atomic mass is 19.2. The Bertz CT molecular complexity index is 1080. The van der Waals surface area contributed by atoms with Crippen molar-refractivity contribution >= 4 is 6.08 Å². The maximum absolute atomic E-state index is 15.2. The summed E-state index contributed by atoms with van der Waals surface area (Å²) in [5, 5.41) is 0. The van der Waals surface area contributed by atoms with Gasteiger partial charge in [-0.3, -0.25) is 0 Å². The highest BCUT2D eigenvalue weighted by Gasteiger charge is 2.29. The molecule has 38 heavy (non-hydrogen) atoms. The zero-order valence-corrected chi connectivity index (χ0v) is 22.9. The molecule has 0 heterocycles. The molecule has 0 aliphatic heterocycles. The molecule has 2 aliphatic rings. The second-order valence-electron chi connectivity index (χ2n) is 11.3. The maximum atomic E-state index is 15.2. The van der Waals surface area contributed by atoms with Crippen LogP contribution in [0.25, 0.3) is 6.08 Å². The average Bonchev–Trinajstić information content (AvgIpc) is 2.93. The van der Waals surface area contributed by atoms with Gasteiger partial charge in [0.25, 0.3) is 0 Å². The van der Waals surface area contributed by atoms with Gasteiger partial charge in [0.1, 0.15) is 0 Å². The highest BCUT2D eigenvalue weighted by molar-refractivity contribution is 5.52.